The predicted octanol–water partition coefficient (Wildman–Crippen LogP) is 2.28. The van der Waals surface area contributed by atoms with E-state index in [-0.39, 0.29) is 0 Å². The highest BCUT2D eigenvalue weighted by molar-refractivity contribution is 7.13. The molecule has 1 unspecified atom stereocenters. The van der Waals surface area contributed by atoms with Crippen LogP contribution in [0.1, 0.15) is 31.9 Å². The number of rotatable bonds is 3. The minimum Gasteiger partial charge on any atom is -0.348 e. The fourth-order valence-corrected chi connectivity index (χ4v) is 3.11. The molecule has 0 spiro atoms. The third-order valence-corrected chi connectivity index (χ3v) is 4.28. The summed E-state index contributed by atoms with van der Waals surface area (Å²) in [6, 6.07) is 0.658. The summed E-state index contributed by atoms with van der Waals surface area (Å²) >= 11 is 1.78. The van der Waals surface area contributed by atoms with Crippen LogP contribution in [0.25, 0.3) is 0 Å². The summed E-state index contributed by atoms with van der Waals surface area (Å²) in [5.74, 6) is 0. The average molecular weight is 239 g/mol. The van der Waals surface area contributed by atoms with Gasteiger partial charge in [0.1, 0.15) is 0 Å². The van der Waals surface area contributed by atoms with E-state index in [0.29, 0.717) is 6.04 Å². The minimum absolute atomic E-state index is 0.658. The Balaban J connectivity index is 2.01. The highest BCUT2D eigenvalue weighted by Crippen LogP contribution is 2.24. The van der Waals surface area contributed by atoms with E-state index in [1.54, 1.807) is 11.3 Å². The number of nitrogens with one attached hydrogen (secondary N) is 1. The van der Waals surface area contributed by atoms with Gasteiger partial charge in [0.25, 0.3) is 0 Å². The summed E-state index contributed by atoms with van der Waals surface area (Å²) in [6.07, 6.45) is 4.83. The number of hydrogen-bond donors (Lipinski definition) is 1. The molecule has 16 heavy (non-hydrogen) atoms. The maximum atomic E-state index is 4.66. The van der Waals surface area contributed by atoms with Crippen molar-refractivity contribution in [3.63, 3.8) is 0 Å². The summed E-state index contributed by atoms with van der Waals surface area (Å²) in [5.41, 5.74) is 1.22. The van der Waals surface area contributed by atoms with Gasteiger partial charge in [-0.25, -0.2) is 4.98 Å². The topological polar surface area (TPSA) is 28.2 Å². The SMILES string of the molecule is CCc1csc(N(C)C2CCCNCC2)n1. The molecule has 0 bridgehead atoms. The van der Waals surface area contributed by atoms with Crippen LogP contribution >= 0.6 is 11.3 Å². The molecule has 0 amide bonds. The van der Waals surface area contributed by atoms with E-state index in [2.05, 4.69) is 34.6 Å². The lowest BCUT2D eigenvalue weighted by Crippen LogP contribution is -2.32. The van der Waals surface area contributed by atoms with Crippen molar-refractivity contribution in [3.05, 3.63) is 11.1 Å². The second kappa shape index (κ2) is 5.64. The molecule has 90 valence electrons. The van der Waals surface area contributed by atoms with Gasteiger partial charge in [-0.3, -0.25) is 0 Å². The van der Waals surface area contributed by atoms with Gasteiger partial charge < -0.3 is 10.2 Å². The van der Waals surface area contributed by atoms with Crippen LogP contribution in [0.2, 0.25) is 0 Å². The first-order chi connectivity index (χ1) is 7.81. The van der Waals surface area contributed by atoms with Crippen LogP contribution in [0.3, 0.4) is 0 Å². The van der Waals surface area contributed by atoms with Gasteiger partial charge in [0.15, 0.2) is 5.13 Å². The van der Waals surface area contributed by atoms with E-state index in [1.165, 1.54) is 36.6 Å². The van der Waals surface area contributed by atoms with Gasteiger partial charge in [-0.1, -0.05) is 6.92 Å². The van der Waals surface area contributed by atoms with Crippen LogP contribution in [-0.2, 0) is 6.42 Å². The lowest BCUT2D eigenvalue weighted by molar-refractivity contribution is 0.565. The van der Waals surface area contributed by atoms with Crippen LogP contribution in [0.4, 0.5) is 5.13 Å². The molecule has 0 aliphatic carbocycles. The quantitative estimate of drug-likeness (QED) is 0.877. The van der Waals surface area contributed by atoms with Crippen molar-refractivity contribution in [1.82, 2.24) is 10.3 Å². The fourth-order valence-electron chi connectivity index (χ4n) is 2.16. The molecule has 1 aliphatic rings. The predicted molar refractivity (Wildman–Crippen MR) is 70.4 cm³/mol. The van der Waals surface area contributed by atoms with Crippen molar-refractivity contribution in [1.29, 1.82) is 0 Å². The molecule has 1 aromatic rings. The van der Waals surface area contributed by atoms with Crippen LogP contribution in [0.5, 0.6) is 0 Å². The Kier molecular flexibility index (Phi) is 4.18. The van der Waals surface area contributed by atoms with E-state index in [9.17, 15) is 0 Å². The molecule has 0 saturated carbocycles. The molecule has 1 atom stereocenters. The summed E-state index contributed by atoms with van der Waals surface area (Å²) in [5, 5.41) is 6.82. The molecule has 3 nitrogen and oxygen atoms in total. The second-order valence-electron chi connectivity index (χ2n) is 4.42. The first-order valence-corrected chi connectivity index (χ1v) is 7.07. The van der Waals surface area contributed by atoms with Gasteiger partial charge in [-0.15, -0.1) is 11.3 Å². The van der Waals surface area contributed by atoms with E-state index >= 15 is 0 Å². The molecule has 0 radical (unpaired) electrons. The van der Waals surface area contributed by atoms with Gasteiger partial charge in [-0.2, -0.15) is 0 Å². The molecular weight excluding hydrogens is 218 g/mol. The van der Waals surface area contributed by atoms with Gasteiger partial charge in [0.2, 0.25) is 0 Å². The molecule has 4 heteroatoms. The van der Waals surface area contributed by atoms with Crippen molar-refractivity contribution in [2.45, 2.75) is 38.6 Å². The van der Waals surface area contributed by atoms with Gasteiger partial charge in [0.05, 0.1) is 5.69 Å². The first kappa shape index (κ1) is 11.9. The Hall–Kier alpha value is -0.610. The summed E-state index contributed by atoms with van der Waals surface area (Å²) in [4.78, 5) is 7.03. The first-order valence-electron chi connectivity index (χ1n) is 6.19. The molecule has 2 rings (SSSR count). The van der Waals surface area contributed by atoms with Gasteiger partial charge in [-0.05, 0) is 38.8 Å². The van der Waals surface area contributed by atoms with E-state index in [4.69, 9.17) is 0 Å². The van der Waals surface area contributed by atoms with Crippen LogP contribution < -0.4 is 10.2 Å². The van der Waals surface area contributed by atoms with Gasteiger partial charge >= 0.3 is 0 Å². The van der Waals surface area contributed by atoms with Gasteiger partial charge in [0, 0.05) is 18.5 Å². The number of thiazole rings is 1. The Morgan fingerprint density at radius 3 is 3.12 bits per heavy atom. The lowest BCUT2D eigenvalue weighted by atomic mass is 10.1. The zero-order chi connectivity index (χ0) is 11.4. The Bertz CT molecular complexity index is 316. The number of nitrogens with zero attached hydrogens (tertiary/aromatic N) is 2. The third kappa shape index (κ3) is 2.74. The normalized spacial score (nSPS) is 21.8. The highest BCUT2D eigenvalue weighted by Gasteiger charge is 2.18. The maximum Gasteiger partial charge on any atom is 0.185 e. The Morgan fingerprint density at radius 2 is 2.38 bits per heavy atom. The number of aromatic nitrogens is 1. The van der Waals surface area contributed by atoms with Crippen molar-refractivity contribution >= 4 is 16.5 Å². The fraction of sp³-hybridized carbons (Fsp3) is 0.750. The molecule has 1 N–H and O–H groups in total. The zero-order valence-corrected chi connectivity index (χ0v) is 11.0. The molecule has 1 fully saturated rings. The Labute approximate surface area is 102 Å². The Morgan fingerprint density at radius 1 is 1.50 bits per heavy atom. The minimum atomic E-state index is 0.658. The van der Waals surface area contributed by atoms with Crippen LogP contribution in [0.15, 0.2) is 5.38 Å². The lowest BCUT2D eigenvalue weighted by Gasteiger charge is -2.26. The highest BCUT2D eigenvalue weighted by atomic mass is 32.1. The summed E-state index contributed by atoms with van der Waals surface area (Å²) in [7, 11) is 2.19. The third-order valence-electron chi connectivity index (χ3n) is 3.30. The largest absolute Gasteiger partial charge is 0.348 e. The molecule has 1 saturated heterocycles. The standard InChI is InChI=1S/C12H21N3S/c1-3-10-9-16-12(14-10)15(2)11-5-4-7-13-8-6-11/h9,11,13H,3-8H2,1-2H3. The monoisotopic (exact) mass is 239 g/mol. The maximum absolute atomic E-state index is 4.66. The van der Waals surface area contributed by atoms with Crippen molar-refractivity contribution in [2.24, 2.45) is 0 Å². The van der Waals surface area contributed by atoms with E-state index < -0.39 is 0 Å². The van der Waals surface area contributed by atoms with E-state index in [1.807, 2.05) is 0 Å². The second-order valence-corrected chi connectivity index (χ2v) is 5.26. The van der Waals surface area contributed by atoms with Crippen molar-refractivity contribution < 1.29 is 0 Å². The summed E-state index contributed by atoms with van der Waals surface area (Å²) < 4.78 is 0. The van der Waals surface area contributed by atoms with E-state index in [0.717, 1.165) is 13.0 Å². The molecule has 0 aromatic carbocycles. The number of aryl methyl sites for hydroxylation is 1. The van der Waals surface area contributed by atoms with Crippen LogP contribution in [0, 0.1) is 0 Å². The van der Waals surface area contributed by atoms with Crippen LogP contribution in [-0.4, -0.2) is 31.2 Å². The van der Waals surface area contributed by atoms with Crippen molar-refractivity contribution in [3.8, 4) is 0 Å². The molecule has 1 aromatic heterocycles. The number of anilines is 1. The average Bonchev–Trinajstić information content (AvgIpc) is 2.62. The molecule has 1 aliphatic heterocycles. The smallest absolute Gasteiger partial charge is 0.185 e. The molecule has 2 heterocycles. The van der Waals surface area contributed by atoms with Crippen molar-refractivity contribution in [2.75, 3.05) is 25.0 Å². The molecular formula is C12H21N3S. The summed E-state index contributed by atoms with van der Waals surface area (Å²) in [6.45, 7) is 4.47. The number of hydrogen-bond acceptors (Lipinski definition) is 4. The zero-order valence-electron chi connectivity index (χ0n) is 10.2.